The summed E-state index contributed by atoms with van der Waals surface area (Å²) in [7, 11) is 0. The van der Waals surface area contributed by atoms with E-state index in [1.165, 1.54) is 5.56 Å². The topological polar surface area (TPSA) is 42.7 Å². The number of hydrogen-bond acceptors (Lipinski definition) is 3. The quantitative estimate of drug-likeness (QED) is 0.909. The Morgan fingerprint density at radius 1 is 1.37 bits per heavy atom. The fraction of sp³-hybridized carbons (Fsp3) is 0.467. The summed E-state index contributed by atoms with van der Waals surface area (Å²) in [5.41, 5.74) is 1.40. The molecule has 0 spiro atoms. The number of benzene rings is 1. The number of rotatable bonds is 4. The maximum atomic E-state index is 4.26. The summed E-state index contributed by atoms with van der Waals surface area (Å²) in [5.74, 6) is 1.66. The summed E-state index contributed by atoms with van der Waals surface area (Å²) >= 11 is 0. The van der Waals surface area contributed by atoms with Gasteiger partial charge in [0.25, 0.3) is 0 Å². The molecule has 3 rings (SSSR count). The Bertz CT molecular complexity index is 520. The zero-order chi connectivity index (χ0) is 13.1. The lowest BCUT2D eigenvalue weighted by Gasteiger charge is -2.25. The van der Waals surface area contributed by atoms with Gasteiger partial charge in [0.2, 0.25) is 0 Å². The Hall–Kier alpha value is -1.68. The second-order valence-corrected chi connectivity index (χ2v) is 5.31. The van der Waals surface area contributed by atoms with Crippen LogP contribution in [0.1, 0.15) is 30.7 Å². The average Bonchev–Trinajstić information content (AvgIpc) is 2.93. The van der Waals surface area contributed by atoms with E-state index in [1.807, 2.05) is 4.68 Å². The first-order chi connectivity index (χ1) is 9.33. The van der Waals surface area contributed by atoms with Gasteiger partial charge in [0.15, 0.2) is 0 Å². The van der Waals surface area contributed by atoms with Crippen molar-refractivity contribution in [3.63, 3.8) is 0 Å². The Balaban J connectivity index is 1.54. The van der Waals surface area contributed by atoms with Crippen LogP contribution in [0.4, 0.5) is 0 Å². The third-order valence-electron chi connectivity index (χ3n) is 3.89. The monoisotopic (exact) mass is 256 g/mol. The molecule has 0 saturated carbocycles. The van der Waals surface area contributed by atoms with E-state index >= 15 is 0 Å². The molecular formula is C15H20N4. The maximum Gasteiger partial charge on any atom is 0.138 e. The second-order valence-electron chi connectivity index (χ2n) is 5.31. The van der Waals surface area contributed by atoms with Gasteiger partial charge in [-0.25, -0.2) is 9.67 Å². The molecular weight excluding hydrogens is 236 g/mol. The Labute approximate surface area is 113 Å². The van der Waals surface area contributed by atoms with Gasteiger partial charge in [0.05, 0.1) is 6.54 Å². The summed E-state index contributed by atoms with van der Waals surface area (Å²) in [6.07, 6.45) is 3.84. The smallest absolute Gasteiger partial charge is 0.138 e. The van der Waals surface area contributed by atoms with Crippen molar-refractivity contribution in [3.05, 3.63) is 48.0 Å². The molecule has 1 aliphatic rings. The van der Waals surface area contributed by atoms with E-state index in [1.54, 1.807) is 6.33 Å². The zero-order valence-electron chi connectivity index (χ0n) is 11.3. The third-order valence-corrected chi connectivity index (χ3v) is 3.89. The van der Waals surface area contributed by atoms with Crippen LogP contribution < -0.4 is 5.32 Å². The molecule has 4 nitrogen and oxygen atoms in total. The van der Waals surface area contributed by atoms with Gasteiger partial charge in [0.1, 0.15) is 12.2 Å². The first-order valence-corrected chi connectivity index (χ1v) is 6.98. The minimum absolute atomic E-state index is 0.514. The highest BCUT2D eigenvalue weighted by molar-refractivity contribution is 5.19. The molecule has 0 amide bonds. The van der Waals surface area contributed by atoms with E-state index < -0.39 is 0 Å². The van der Waals surface area contributed by atoms with Crippen molar-refractivity contribution < 1.29 is 0 Å². The summed E-state index contributed by atoms with van der Waals surface area (Å²) < 4.78 is 2.02. The number of nitrogens with zero attached hydrogens (tertiary/aromatic N) is 3. The van der Waals surface area contributed by atoms with Crippen molar-refractivity contribution in [2.75, 3.05) is 6.54 Å². The van der Waals surface area contributed by atoms with Gasteiger partial charge in [-0.3, -0.25) is 0 Å². The number of hydrogen-bond donors (Lipinski definition) is 1. The van der Waals surface area contributed by atoms with E-state index in [2.05, 4.69) is 52.7 Å². The molecule has 4 heteroatoms. The molecule has 19 heavy (non-hydrogen) atoms. The lowest BCUT2D eigenvalue weighted by atomic mass is 10.00. The largest absolute Gasteiger partial charge is 0.312 e. The van der Waals surface area contributed by atoms with Gasteiger partial charge < -0.3 is 5.32 Å². The van der Waals surface area contributed by atoms with Crippen molar-refractivity contribution in [2.45, 2.75) is 38.3 Å². The molecule has 0 aliphatic carbocycles. The van der Waals surface area contributed by atoms with Crippen LogP contribution in [0.15, 0.2) is 36.7 Å². The van der Waals surface area contributed by atoms with E-state index in [-0.39, 0.29) is 0 Å². The normalized spacial score (nSPS) is 19.9. The van der Waals surface area contributed by atoms with Crippen LogP contribution in [0.5, 0.6) is 0 Å². The molecule has 1 aromatic heterocycles. The highest BCUT2D eigenvalue weighted by Crippen LogP contribution is 2.15. The first-order valence-electron chi connectivity index (χ1n) is 6.98. The van der Waals surface area contributed by atoms with E-state index in [0.29, 0.717) is 12.0 Å². The van der Waals surface area contributed by atoms with Crippen molar-refractivity contribution in [3.8, 4) is 0 Å². The van der Waals surface area contributed by atoms with Crippen molar-refractivity contribution in [2.24, 2.45) is 0 Å². The summed E-state index contributed by atoms with van der Waals surface area (Å²) in [5, 5.41) is 7.92. The minimum atomic E-state index is 0.514. The van der Waals surface area contributed by atoms with E-state index in [9.17, 15) is 0 Å². The Morgan fingerprint density at radius 2 is 2.21 bits per heavy atom. The molecule has 0 saturated heterocycles. The molecule has 0 fully saturated rings. The molecule has 1 N–H and O–H groups in total. The van der Waals surface area contributed by atoms with Gasteiger partial charge in [-0.1, -0.05) is 37.3 Å². The second kappa shape index (κ2) is 5.53. The number of aromatic nitrogens is 3. The van der Waals surface area contributed by atoms with Crippen LogP contribution in [-0.2, 0) is 13.0 Å². The standard InChI is InChI=1S/C15H20N4/c1-12(13-5-3-2-4-6-13)9-16-14-7-8-15-17-11-18-19(15)10-14/h2-6,11-12,14,16H,7-10H2,1H3. The van der Waals surface area contributed by atoms with Gasteiger partial charge in [-0.2, -0.15) is 5.10 Å². The zero-order valence-corrected chi connectivity index (χ0v) is 11.3. The molecule has 1 aliphatic heterocycles. The van der Waals surface area contributed by atoms with Crippen LogP contribution in [0, 0.1) is 0 Å². The first kappa shape index (κ1) is 12.4. The van der Waals surface area contributed by atoms with Crippen molar-refractivity contribution in [1.82, 2.24) is 20.1 Å². The summed E-state index contributed by atoms with van der Waals surface area (Å²) in [6, 6.07) is 11.2. The van der Waals surface area contributed by atoms with Gasteiger partial charge in [0, 0.05) is 19.0 Å². The summed E-state index contributed by atoms with van der Waals surface area (Å²) in [6.45, 7) is 4.22. The van der Waals surface area contributed by atoms with Gasteiger partial charge in [-0.05, 0) is 17.9 Å². The predicted octanol–water partition coefficient (Wildman–Crippen LogP) is 1.99. The molecule has 2 heterocycles. The fourth-order valence-corrected chi connectivity index (χ4v) is 2.65. The van der Waals surface area contributed by atoms with Crippen LogP contribution >= 0.6 is 0 Å². The van der Waals surface area contributed by atoms with E-state index in [4.69, 9.17) is 0 Å². The third kappa shape index (κ3) is 2.84. The number of nitrogens with one attached hydrogen (secondary N) is 1. The molecule has 0 radical (unpaired) electrons. The van der Waals surface area contributed by atoms with Gasteiger partial charge in [-0.15, -0.1) is 0 Å². The minimum Gasteiger partial charge on any atom is -0.312 e. The molecule has 2 aromatic rings. The maximum absolute atomic E-state index is 4.26. The lowest BCUT2D eigenvalue weighted by molar-refractivity contribution is 0.354. The SMILES string of the molecule is CC(CNC1CCc2ncnn2C1)c1ccccc1. The Kier molecular flexibility index (Phi) is 3.60. The number of aryl methyl sites for hydroxylation is 1. The molecule has 2 atom stereocenters. The van der Waals surface area contributed by atoms with Crippen molar-refractivity contribution >= 4 is 0 Å². The van der Waals surface area contributed by atoms with E-state index in [0.717, 1.165) is 31.8 Å². The summed E-state index contributed by atoms with van der Waals surface area (Å²) in [4.78, 5) is 4.26. The van der Waals surface area contributed by atoms with Crippen LogP contribution in [0.2, 0.25) is 0 Å². The van der Waals surface area contributed by atoms with Gasteiger partial charge >= 0.3 is 0 Å². The predicted molar refractivity (Wildman–Crippen MR) is 75.0 cm³/mol. The molecule has 0 bridgehead atoms. The number of fused-ring (bicyclic) bond motifs is 1. The molecule has 2 unspecified atom stereocenters. The van der Waals surface area contributed by atoms with Crippen LogP contribution in [0.25, 0.3) is 0 Å². The fourth-order valence-electron chi connectivity index (χ4n) is 2.65. The van der Waals surface area contributed by atoms with Crippen LogP contribution in [0.3, 0.4) is 0 Å². The average molecular weight is 256 g/mol. The van der Waals surface area contributed by atoms with Crippen LogP contribution in [-0.4, -0.2) is 27.4 Å². The highest BCUT2D eigenvalue weighted by Gasteiger charge is 2.19. The Morgan fingerprint density at radius 3 is 3.05 bits per heavy atom. The molecule has 1 aromatic carbocycles. The molecule has 100 valence electrons. The highest BCUT2D eigenvalue weighted by atomic mass is 15.3. The van der Waals surface area contributed by atoms with Crippen molar-refractivity contribution in [1.29, 1.82) is 0 Å². The lowest BCUT2D eigenvalue weighted by Crippen LogP contribution is -2.39.